The molecule has 1 fully saturated rings. The number of hydrogen-bond acceptors (Lipinski definition) is 5. The van der Waals surface area contributed by atoms with Gasteiger partial charge in [-0.1, -0.05) is 23.7 Å². The quantitative estimate of drug-likeness (QED) is 0.832. The summed E-state index contributed by atoms with van der Waals surface area (Å²) in [5.74, 6) is -0.664. The zero-order valence-electron chi connectivity index (χ0n) is 12.4. The number of imide groups is 1. The van der Waals surface area contributed by atoms with Crippen LogP contribution in [0.2, 0.25) is 5.02 Å². The van der Waals surface area contributed by atoms with E-state index in [0.717, 1.165) is 10.5 Å². The molecule has 1 aromatic heterocycles. The topological polar surface area (TPSA) is 97.2 Å². The molecule has 1 atom stereocenters. The monoisotopic (exact) mass is 345 g/mol. The first-order chi connectivity index (χ1) is 11.5. The number of halogens is 1. The number of aromatic nitrogens is 3. The molecule has 2 aromatic rings. The average Bonchev–Trinajstić information content (AvgIpc) is 3.10. The SMILES string of the molecule is O=C1C[C@H](c2ccc(Cl)cc2)n2nc(N3C(=O)CCC3=O)nc2N1. The number of benzene rings is 1. The Kier molecular flexibility index (Phi) is 3.34. The molecule has 0 bridgehead atoms. The summed E-state index contributed by atoms with van der Waals surface area (Å²) in [5.41, 5.74) is 0.839. The van der Waals surface area contributed by atoms with Crippen LogP contribution in [0.1, 0.15) is 30.9 Å². The lowest BCUT2D eigenvalue weighted by Gasteiger charge is -2.23. The Hall–Kier alpha value is -2.74. The smallest absolute Gasteiger partial charge is 0.260 e. The van der Waals surface area contributed by atoms with Gasteiger partial charge in [-0.3, -0.25) is 19.7 Å². The largest absolute Gasteiger partial charge is 0.295 e. The van der Waals surface area contributed by atoms with Crippen LogP contribution in [0.15, 0.2) is 24.3 Å². The molecule has 24 heavy (non-hydrogen) atoms. The van der Waals surface area contributed by atoms with Gasteiger partial charge in [0.1, 0.15) is 0 Å². The predicted molar refractivity (Wildman–Crippen MR) is 84.6 cm³/mol. The van der Waals surface area contributed by atoms with Crippen molar-refractivity contribution in [2.45, 2.75) is 25.3 Å². The minimum absolute atomic E-state index is 0.00124. The van der Waals surface area contributed by atoms with Crippen LogP contribution in [0, 0.1) is 0 Å². The molecule has 3 amide bonds. The fraction of sp³-hybridized carbons (Fsp3) is 0.267. The lowest BCUT2D eigenvalue weighted by Crippen LogP contribution is -2.30. The molecule has 1 N–H and O–H groups in total. The van der Waals surface area contributed by atoms with Crippen LogP contribution in [0.3, 0.4) is 0 Å². The number of carbonyl (C=O) groups excluding carboxylic acids is 3. The molecule has 0 aliphatic carbocycles. The van der Waals surface area contributed by atoms with Crippen LogP contribution >= 0.6 is 11.6 Å². The van der Waals surface area contributed by atoms with E-state index in [1.54, 1.807) is 12.1 Å². The Morgan fingerprint density at radius 2 is 1.75 bits per heavy atom. The van der Waals surface area contributed by atoms with Gasteiger partial charge in [-0.15, -0.1) is 5.10 Å². The van der Waals surface area contributed by atoms with Gasteiger partial charge in [-0.2, -0.15) is 4.98 Å². The Labute approximate surface area is 141 Å². The van der Waals surface area contributed by atoms with Gasteiger partial charge in [-0.25, -0.2) is 9.58 Å². The van der Waals surface area contributed by atoms with Gasteiger partial charge in [0.15, 0.2) is 0 Å². The van der Waals surface area contributed by atoms with Crippen molar-refractivity contribution in [3.05, 3.63) is 34.9 Å². The number of hydrogen-bond donors (Lipinski definition) is 1. The second kappa shape index (κ2) is 5.41. The van der Waals surface area contributed by atoms with Crippen molar-refractivity contribution in [2.24, 2.45) is 0 Å². The van der Waals surface area contributed by atoms with Crippen LogP contribution in [0.5, 0.6) is 0 Å². The van der Waals surface area contributed by atoms with E-state index in [-0.39, 0.29) is 54.9 Å². The zero-order chi connectivity index (χ0) is 16.8. The maximum Gasteiger partial charge on any atom is 0.260 e. The first-order valence-electron chi connectivity index (χ1n) is 7.40. The molecule has 2 aliphatic heterocycles. The molecule has 0 saturated carbocycles. The summed E-state index contributed by atoms with van der Waals surface area (Å²) < 4.78 is 1.53. The lowest BCUT2D eigenvalue weighted by molar-refractivity contribution is -0.121. The first kappa shape index (κ1) is 14.8. The number of nitrogens with zero attached hydrogens (tertiary/aromatic N) is 4. The number of nitrogens with one attached hydrogen (secondary N) is 1. The molecule has 122 valence electrons. The van der Waals surface area contributed by atoms with Crippen LogP contribution in [-0.4, -0.2) is 32.5 Å². The summed E-state index contributed by atoms with van der Waals surface area (Å²) in [5, 5.41) is 7.50. The van der Waals surface area contributed by atoms with Crippen molar-refractivity contribution in [1.82, 2.24) is 14.8 Å². The van der Waals surface area contributed by atoms with Gasteiger partial charge in [0.2, 0.25) is 23.7 Å². The van der Waals surface area contributed by atoms with E-state index in [4.69, 9.17) is 11.6 Å². The van der Waals surface area contributed by atoms with Crippen LogP contribution < -0.4 is 10.2 Å². The molecule has 2 aliphatic rings. The second-order valence-electron chi connectivity index (χ2n) is 5.62. The zero-order valence-corrected chi connectivity index (χ0v) is 13.2. The molecule has 3 heterocycles. The molecule has 8 nitrogen and oxygen atoms in total. The summed E-state index contributed by atoms with van der Waals surface area (Å²) in [6, 6.07) is 6.70. The molecular weight excluding hydrogens is 334 g/mol. The Morgan fingerprint density at radius 1 is 1.08 bits per heavy atom. The maximum absolute atomic E-state index is 12.0. The predicted octanol–water partition coefficient (Wildman–Crippen LogP) is 1.52. The Morgan fingerprint density at radius 3 is 2.42 bits per heavy atom. The highest BCUT2D eigenvalue weighted by atomic mass is 35.5. The summed E-state index contributed by atoms with van der Waals surface area (Å²) >= 11 is 5.91. The average molecular weight is 346 g/mol. The highest BCUT2D eigenvalue weighted by molar-refractivity contribution is 6.30. The van der Waals surface area contributed by atoms with Crippen molar-refractivity contribution >= 4 is 41.2 Å². The lowest BCUT2D eigenvalue weighted by atomic mass is 10.0. The second-order valence-corrected chi connectivity index (χ2v) is 6.06. The molecule has 0 unspecified atom stereocenters. The molecule has 4 rings (SSSR count). The van der Waals surface area contributed by atoms with Crippen molar-refractivity contribution in [1.29, 1.82) is 0 Å². The van der Waals surface area contributed by atoms with Crippen molar-refractivity contribution < 1.29 is 14.4 Å². The van der Waals surface area contributed by atoms with Crippen molar-refractivity contribution in [2.75, 3.05) is 10.2 Å². The highest BCUT2D eigenvalue weighted by Crippen LogP contribution is 2.32. The Bertz CT molecular complexity index is 844. The van der Waals surface area contributed by atoms with Crippen LogP contribution in [-0.2, 0) is 14.4 Å². The third-order valence-electron chi connectivity index (χ3n) is 4.05. The minimum Gasteiger partial charge on any atom is -0.295 e. The van der Waals surface area contributed by atoms with Gasteiger partial charge in [0.05, 0.1) is 12.5 Å². The van der Waals surface area contributed by atoms with Gasteiger partial charge >= 0.3 is 0 Å². The number of fused-ring (bicyclic) bond motifs is 1. The number of rotatable bonds is 2. The molecular formula is C15H12ClN5O3. The summed E-state index contributed by atoms with van der Waals surface area (Å²) in [4.78, 5) is 40.8. The molecule has 1 saturated heterocycles. The summed E-state index contributed by atoms with van der Waals surface area (Å²) in [6.45, 7) is 0. The highest BCUT2D eigenvalue weighted by Gasteiger charge is 2.36. The third-order valence-corrected chi connectivity index (χ3v) is 4.30. The van der Waals surface area contributed by atoms with E-state index in [9.17, 15) is 14.4 Å². The molecule has 9 heteroatoms. The normalized spacial score (nSPS) is 20.3. The van der Waals surface area contributed by atoms with Crippen molar-refractivity contribution in [3.63, 3.8) is 0 Å². The Balaban J connectivity index is 1.76. The number of anilines is 2. The van der Waals surface area contributed by atoms with Gasteiger partial charge in [-0.05, 0) is 17.7 Å². The summed E-state index contributed by atoms with van der Waals surface area (Å²) in [7, 11) is 0. The molecule has 1 aromatic carbocycles. The van der Waals surface area contributed by atoms with Gasteiger partial charge in [0.25, 0.3) is 5.95 Å². The van der Waals surface area contributed by atoms with Gasteiger partial charge in [0, 0.05) is 17.9 Å². The van der Waals surface area contributed by atoms with E-state index in [2.05, 4.69) is 15.4 Å². The molecule has 0 radical (unpaired) electrons. The van der Waals surface area contributed by atoms with E-state index >= 15 is 0 Å². The number of amides is 3. The summed E-state index contributed by atoms with van der Waals surface area (Å²) in [6.07, 6.45) is 0.477. The van der Waals surface area contributed by atoms with Crippen LogP contribution in [0.4, 0.5) is 11.9 Å². The van der Waals surface area contributed by atoms with E-state index in [1.165, 1.54) is 4.68 Å². The van der Waals surface area contributed by atoms with Crippen LogP contribution in [0.25, 0.3) is 0 Å². The number of carbonyl (C=O) groups is 3. The maximum atomic E-state index is 12.0. The van der Waals surface area contributed by atoms with E-state index in [0.29, 0.717) is 5.02 Å². The first-order valence-corrected chi connectivity index (χ1v) is 7.78. The fourth-order valence-electron chi connectivity index (χ4n) is 2.89. The fourth-order valence-corrected chi connectivity index (χ4v) is 3.02. The van der Waals surface area contributed by atoms with Crippen molar-refractivity contribution in [3.8, 4) is 0 Å². The molecule has 0 spiro atoms. The third kappa shape index (κ3) is 2.35. The van der Waals surface area contributed by atoms with Gasteiger partial charge < -0.3 is 0 Å². The van der Waals surface area contributed by atoms with E-state index in [1.807, 2.05) is 12.1 Å². The minimum atomic E-state index is -0.375. The van der Waals surface area contributed by atoms with E-state index < -0.39 is 0 Å². The standard InChI is InChI=1S/C15H12ClN5O3/c16-9-3-1-8(2-4-9)10-7-11(22)17-14-18-15(19-21(10)14)20-12(23)5-6-13(20)24/h1-4,10H,5-7H2,(H,17,18,19,22)/t10-/m1/s1.